The summed E-state index contributed by atoms with van der Waals surface area (Å²) in [4.78, 5) is 13.2. The van der Waals surface area contributed by atoms with Gasteiger partial charge in [-0.05, 0) is 25.0 Å². The minimum absolute atomic E-state index is 0.202. The van der Waals surface area contributed by atoms with Crippen LogP contribution in [0.4, 0.5) is 0 Å². The molecular weight excluding hydrogens is 184 g/mol. The molecule has 13 heavy (non-hydrogen) atoms. The molecule has 1 aromatic heterocycles. The molecule has 0 saturated carbocycles. The van der Waals surface area contributed by atoms with E-state index in [-0.39, 0.29) is 5.97 Å². The summed E-state index contributed by atoms with van der Waals surface area (Å²) in [5.41, 5.74) is 0. The smallest absolute Gasteiger partial charge is 0.348 e. The van der Waals surface area contributed by atoms with Crippen molar-refractivity contribution in [2.45, 2.75) is 20.8 Å². The van der Waals surface area contributed by atoms with E-state index in [4.69, 9.17) is 4.74 Å². The third-order valence-corrected chi connectivity index (χ3v) is 2.47. The fourth-order valence-corrected chi connectivity index (χ4v) is 1.62. The van der Waals surface area contributed by atoms with Crippen molar-refractivity contribution in [2.24, 2.45) is 5.92 Å². The van der Waals surface area contributed by atoms with E-state index in [9.17, 15) is 4.79 Å². The van der Waals surface area contributed by atoms with Crippen molar-refractivity contribution in [3.8, 4) is 0 Å². The molecule has 0 N–H and O–H groups in total. The Bertz CT molecular complexity index is 289. The fraction of sp³-hybridized carbons (Fsp3) is 0.500. The molecule has 0 bridgehead atoms. The Kier molecular flexibility index (Phi) is 3.48. The Morgan fingerprint density at radius 1 is 1.54 bits per heavy atom. The first-order valence-electron chi connectivity index (χ1n) is 4.33. The van der Waals surface area contributed by atoms with Gasteiger partial charge in [-0.3, -0.25) is 0 Å². The Balaban J connectivity index is 2.49. The Labute approximate surface area is 82.5 Å². The summed E-state index contributed by atoms with van der Waals surface area (Å²) >= 11 is 1.47. The standard InChI is InChI=1S/C10H14O2S/c1-7(2)6-12-10(11)9-5-4-8(3)13-9/h4-5,7H,6H2,1-3H3. The molecule has 0 aliphatic carbocycles. The maximum Gasteiger partial charge on any atom is 0.348 e. The van der Waals surface area contributed by atoms with Crippen molar-refractivity contribution in [3.63, 3.8) is 0 Å². The predicted molar refractivity (Wildman–Crippen MR) is 54.2 cm³/mol. The van der Waals surface area contributed by atoms with E-state index >= 15 is 0 Å². The highest BCUT2D eigenvalue weighted by Crippen LogP contribution is 2.16. The SMILES string of the molecule is Cc1ccc(C(=O)OCC(C)C)s1. The zero-order valence-electron chi connectivity index (χ0n) is 8.16. The fourth-order valence-electron chi connectivity index (χ4n) is 0.858. The van der Waals surface area contributed by atoms with Gasteiger partial charge in [-0.15, -0.1) is 11.3 Å². The molecule has 0 aliphatic rings. The summed E-state index contributed by atoms with van der Waals surface area (Å²) in [7, 11) is 0. The van der Waals surface area contributed by atoms with Crippen molar-refractivity contribution in [1.82, 2.24) is 0 Å². The van der Waals surface area contributed by atoms with Crippen LogP contribution in [0.25, 0.3) is 0 Å². The summed E-state index contributed by atoms with van der Waals surface area (Å²) in [6, 6.07) is 3.74. The first-order valence-corrected chi connectivity index (χ1v) is 5.15. The number of ether oxygens (including phenoxy) is 1. The lowest BCUT2D eigenvalue weighted by atomic mass is 10.2. The average Bonchev–Trinajstić information content (AvgIpc) is 2.47. The van der Waals surface area contributed by atoms with Crippen LogP contribution in [0.3, 0.4) is 0 Å². The molecule has 1 aromatic rings. The minimum atomic E-state index is -0.202. The summed E-state index contributed by atoms with van der Waals surface area (Å²) in [6.45, 7) is 6.51. The molecule has 0 amide bonds. The van der Waals surface area contributed by atoms with Crippen LogP contribution in [0, 0.1) is 12.8 Å². The molecule has 0 aromatic carbocycles. The minimum Gasteiger partial charge on any atom is -0.461 e. The van der Waals surface area contributed by atoms with Gasteiger partial charge in [0.15, 0.2) is 0 Å². The van der Waals surface area contributed by atoms with Crippen LogP contribution in [-0.2, 0) is 4.74 Å². The lowest BCUT2D eigenvalue weighted by Gasteiger charge is -2.04. The molecule has 0 saturated heterocycles. The van der Waals surface area contributed by atoms with E-state index in [1.165, 1.54) is 11.3 Å². The molecular formula is C10H14O2S. The van der Waals surface area contributed by atoms with Crippen molar-refractivity contribution in [2.75, 3.05) is 6.61 Å². The molecule has 0 atom stereocenters. The quantitative estimate of drug-likeness (QED) is 0.698. The monoisotopic (exact) mass is 198 g/mol. The number of hydrogen-bond acceptors (Lipinski definition) is 3. The highest BCUT2D eigenvalue weighted by molar-refractivity contribution is 7.13. The Hall–Kier alpha value is -0.830. The molecule has 0 fully saturated rings. The van der Waals surface area contributed by atoms with Crippen LogP contribution in [0.5, 0.6) is 0 Å². The van der Waals surface area contributed by atoms with E-state index in [0.717, 1.165) is 4.88 Å². The van der Waals surface area contributed by atoms with E-state index in [1.54, 1.807) is 0 Å². The molecule has 3 heteroatoms. The molecule has 0 unspecified atom stereocenters. The van der Waals surface area contributed by atoms with Gasteiger partial charge in [0.05, 0.1) is 6.61 Å². The second-order valence-electron chi connectivity index (χ2n) is 3.40. The van der Waals surface area contributed by atoms with Gasteiger partial charge in [0.2, 0.25) is 0 Å². The van der Waals surface area contributed by atoms with Gasteiger partial charge in [0, 0.05) is 4.88 Å². The Morgan fingerprint density at radius 3 is 2.69 bits per heavy atom. The molecule has 1 rings (SSSR count). The summed E-state index contributed by atoms with van der Waals surface area (Å²) in [5.74, 6) is 0.191. The van der Waals surface area contributed by atoms with Gasteiger partial charge >= 0.3 is 5.97 Å². The van der Waals surface area contributed by atoms with Crippen molar-refractivity contribution >= 4 is 17.3 Å². The number of thiophene rings is 1. The zero-order chi connectivity index (χ0) is 9.84. The van der Waals surface area contributed by atoms with Gasteiger partial charge in [0.25, 0.3) is 0 Å². The summed E-state index contributed by atoms with van der Waals surface area (Å²) in [6.07, 6.45) is 0. The third-order valence-electron chi connectivity index (χ3n) is 1.49. The number of aryl methyl sites for hydroxylation is 1. The number of carbonyl (C=O) groups is 1. The molecule has 0 spiro atoms. The molecule has 1 heterocycles. The molecule has 0 radical (unpaired) electrons. The van der Waals surface area contributed by atoms with Gasteiger partial charge in [-0.2, -0.15) is 0 Å². The molecule has 0 aliphatic heterocycles. The van der Waals surface area contributed by atoms with Gasteiger partial charge < -0.3 is 4.74 Å². The number of hydrogen-bond donors (Lipinski definition) is 0. The summed E-state index contributed by atoms with van der Waals surface area (Å²) < 4.78 is 5.07. The van der Waals surface area contributed by atoms with E-state index in [2.05, 4.69) is 0 Å². The zero-order valence-corrected chi connectivity index (χ0v) is 8.98. The molecule has 72 valence electrons. The van der Waals surface area contributed by atoms with Gasteiger partial charge in [-0.25, -0.2) is 4.79 Å². The average molecular weight is 198 g/mol. The Morgan fingerprint density at radius 2 is 2.23 bits per heavy atom. The number of esters is 1. The number of carbonyl (C=O) groups excluding carboxylic acids is 1. The van der Waals surface area contributed by atoms with Gasteiger partial charge in [-0.1, -0.05) is 13.8 Å². The third kappa shape index (κ3) is 3.19. The van der Waals surface area contributed by atoms with Crippen LogP contribution in [-0.4, -0.2) is 12.6 Å². The van der Waals surface area contributed by atoms with Crippen LogP contribution in [0.1, 0.15) is 28.4 Å². The summed E-state index contributed by atoms with van der Waals surface area (Å²) in [5, 5.41) is 0. The second-order valence-corrected chi connectivity index (χ2v) is 4.69. The first kappa shape index (κ1) is 10.3. The van der Waals surface area contributed by atoms with Gasteiger partial charge in [0.1, 0.15) is 4.88 Å². The first-order chi connectivity index (χ1) is 6.09. The highest BCUT2D eigenvalue weighted by Gasteiger charge is 2.09. The van der Waals surface area contributed by atoms with E-state index < -0.39 is 0 Å². The van der Waals surface area contributed by atoms with E-state index in [0.29, 0.717) is 17.4 Å². The lowest BCUT2D eigenvalue weighted by Crippen LogP contribution is -2.08. The lowest BCUT2D eigenvalue weighted by molar-refractivity contribution is 0.0465. The normalized spacial score (nSPS) is 10.5. The molecule has 2 nitrogen and oxygen atoms in total. The second kappa shape index (κ2) is 4.42. The van der Waals surface area contributed by atoms with Crippen LogP contribution < -0.4 is 0 Å². The maximum absolute atomic E-state index is 11.4. The highest BCUT2D eigenvalue weighted by atomic mass is 32.1. The van der Waals surface area contributed by atoms with Crippen LogP contribution >= 0.6 is 11.3 Å². The van der Waals surface area contributed by atoms with Crippen molar-refractivity contribution in [3.05, 3.63) is 21.9 Å². The maximum atomic E-state index is 11.4. The number of rotatable bonds is 3. The van der Waals surface area contributed by atoms with Crippen molar-refractivity contribution in [1.29, 1.82) is 0 Å². The predicted octanol–water partition coefficient (Wildman–Crippen LogP) is 2.87. The van der Waals surface area contributed by atoms with Crippen molar-refractivity contribution < 1.29 is 9.53 Å². The van der Waals surface area contributed by atoms with Crippen LogP contribution in [0.2, 0.25) is 0 Å². The largest absolute Gasteiger partial charge is 0.461 e. The topological polar surface area (TPSA) is 26.3 Å². The van der Waals surface area contributed by atoms with Crippen LogP contribution in [0.15, 0.2) is 12.1 Å². The van der Waals surface area contributed by atoms with E-state index in [1.807, 2.05) is 32.9 Å².